The van der Waals surface area contributed by atoms with Crippen molar-refractivity contribution in [3.8, 4) is 11.3 Å². The van der Waals surface area contributed by atoms with Gasteiger partial charge in [0.1, 0.15) is 6.33 Å². The molecule has 3 rings (SSSR count). The number of H-pyrrole nitrogens is 1. The number of fused-ring (bicyclic) bond motifs is 1. The SMILES string of the molecule is CCCc1c(-c2ccccc2)nc2nc[nH]n2c1=O. The third-order valence-electron chi connectivity index (χ3n) is 3.07. The van der Waals surface area contributed by atoms with E-state index in [9.17, 15) is 4.79 Å². The number of nitrogens with zero attached hydrogens (tertiary/aromatic N) is 3. The molecule has 0 amide bonds. The molecule has 0 unspecified atom stereocenters. The first kappa shape index (κ1) is 11.6. The van der Waals surface area contributed by atoms with Crippen molar-refractivity contribution in [2.75, 3.05) is 0 Å². The Balaban J connectivity index is 2.33. The lowest BCUT2D eigenvalue weighted by Gasteiger charge is -2.07. The number of benzene rings is 1. The van der Waals surface area contributed by atoms with E-state index in [0.717, 1.165) is 23.2 Å². The fourth-order valence-corrected chi connectivity index (χ4v) is 2.20. The summed E-state index contributed by atoms with van der Waals surface area (Å²) in [7, 11) is 0. The van der Waals surface area contributed by atoms with Crippen molar-refractivity contribution in [1.82, 2.24) is 19.6 Å². The summed E-state index contributed by atoms with van der Waals surface area (Å²) in [4.78, 5) is 21.0. The number of aromatic amines is 1. The van der Waals surface area contributed by atoms with Crippen LogP contribution >= 0.6 is 0 Å². The van der Waals surface area contributed by atoms with Crippen molar-refractivity contribution in [3.05, 3.63) is 52.6 Å². The van der Waals surface area contributed by atoms with Crippen LogP contribution in [0.1, 0.15) is 18.9 Å². The Morgan fingerprint density at radius 3 is 2.79 bits per heavy atom. The lowest BCUT2D eigenvalue weighted by Crippen LogP contribution is -2.21. The zero-order valence-electron chi connectivity index (χ0n) is 10.6. The normalized spacial score (nSPS) is 11.0. The topological polar surface area (TPSA) is 63.1 Å². The van der Waals surface area contributed by atoms with Crippen LogP contribution in [0, 0.1) is 0 Å². The summed E-state index contributed by atoms with van der Waals surface area (Å²) < 4.78 is 1.39. The van der Waals surface area contributed by atoms with Gasteiger partial charge in [-0.25, -0.2) is 9.97 Å². The highest BCUT2D eigenvalue weighted by atomic mass is 16.1. The summed E-state index contributed by atoms with van der Waals surface area (Å²) in [6, 6.07) is 9.76. The zero-order chi connectivity index (χ0) is 13.2. The van der Waals surface area contributed by atoms with E-state index >= 15 is 0 Å². The molecule has 3 aromatic rings. The molecule has 1 N–H and O–H groups in total. The summed E-state index contributed by atoms with van der Waals surface area (Å²) >= 11 is 0. The molecule has 0 radical (unpaired) electrons. The Hall–Kier alpha value is -2.43. The molecule has 0 bridgehead atoms. The van der Waals surface area contributed by atoms with Gasteiger partial charge in [-0.15, -0.1) is 0 Å². The standard InChI is InChI=1S/C14H14N4O/c1-2-6-11-12(10-7-4-3-5-8-10)17-14-15-9-16-18(14)13(11)19/h3-5,7-9H,2,6H2,1H3,(H,15,16,17). The molecule has 0 aliphatic rings. The fraction of sp³-hybridized carbons (Fsp3) is 0.214. The molecule has 0 aliphatic carbocycles. The van der Waals surface area contributed by atoms with Crippen LogP contribution in [0.4, 0.5) is 0 Å². The Bertz CT molecular complexity index is 758. The molecule has 96 valence electrons. The molecule has 5 heteroatoms. The van der Waals surface area contributed by atoms with Crippen LogP contribution in [0.5, 0.6) is 0 Å². The molecule has 19 heavy (non-hydrogen) atoms. The highest BCUT2D eigenvalue weighted by Crippen LogP contribution is 2.20. The van der Waals surface area contributed by atoms with E-state index in [1.807, 2.05) is 30.3 Å². The van der Waals surface area contributed by atoms with Gasteiger partial charge in [-0.3, -0.25) is 9.89 Å². The maximum atomic E-state index is 12.4. The third kappa shape index (κ3) is 1.93. The highest BCUT2D eigenvalue weighted by Gasteiger charge is 2.14. The molecule has 1 aromatic carbocycles. The average Bonchev–Trinajstić information content (AvgIpc) is 2.91. The molecule has 5 nitrogen and oxygen atoms in total. The van der Waals surface area contributed by atoms with Crippen molar-refractivity contribution in [1.29, 1.82) is 0 Å². The van der Waals surface area contributed by atoms with Crippen LogP contribution in [-0.2, 0) is 6.42 Å². The van der Waals surface area contributed by atoms with Gasteiger partial charge in [0.15, 0.2) is 0 Å². The maximum absolute atomic E-state index is 12.4. The van der Waals surface area contributed by atoms with Gasteiger partial charge in [0.05, 0.1) is 5.69 Å². The summed E-state index contributed by atoms with van der Waals surface area (Å²) in [5.74, 6) is 0.406. The number of rotatable bonds is 3. The summed E-state index contributed by atoms with van der Waals surface area (Å²) in [5.41, 5.74) is 2.35. The van der Waals surface area contributed by atoms with Gasteiger partial charge < -0.3 is 0 Å². The molecule has 2 aromatic heterocycles. The van der Waals surface area contributed by atoms with Gasteiger partial charge in [-0.1, -0.05) is 43.7 Å². The lowest BCUT2D eigenvalue weighted by molar-refractivity contribution is 0.834. The van der Waals surface area contributed by atoms with Crippen LogP contribution in [0.2, 0.25) is 0 Å². The minimum atomic E-state index is -0.0665. The second-order valence-corrected chi connectivity index (χ2v) is 4.38. The van der Waals surface area contributed by atoms with E-state index in [4.69, 9.17) is 0 Å². The molecule has 0 fully saturated rings. The number of nitrogens with one attached hydrogen (secondary N) is 1. The quantitative estimate of drug-likeness (QED) is 0.778. The Labute approximate surface area is 109 Å². The van der Waals surface area contributed by atoms with Crippen LogP contribution in [0.25, 0.3) is 17.0 Å². The Kier molecular flexibility index (Phi) is 2.87. The van der Waals surface area contributed by atoms with Crippen molar-refractivity contribution in [3.63, 3.8) is 0 Å². The minimum absolute atomic E-state index is 0.0665. The van der Waals surface area contributed by atoms with Crippen molar-refractivity contribution >= 4 is 5.78 Å². The van der Waals surface area contributed by atoms with Crippen molar-refractivity contribution < 1.29 is 0 Å². The Morgan fingerprint density at radius 2 is 2.05 bits per heavy atom. The van der Waals surface area contributed by atoms with E-state index < -0.39 is 0 Å². The minimum Gasteiger partial charge on any atom is -0.278 e. The van der Waals surface area contributed by atoms with Gasteiger partial charge in [-0.2, -0.15) is 4.52 Å². The predicted octanol–water partition coefficient (Wildman–Crippen LogP) is 2.04. The molecular weight excluding hydrogens is 240 g/mol. The van der Waals surface area contributed by atoms with Gasteiger partial charge in [0, 0.05) is 11.1 Å². The largest absolute Gasteiger partial charge is 0.278 e. The first-order valence-corrected chi connectivity index (χ1v) is 6.31. The summed E-state index contributed by atoms with van der Waals surface area (Å²) in [6.07, 6.45) is 3.09. The predicted molar refractivity (Wildman–Crippen MR) is 73.0 cm³/mol. The summed E-state index contributed by atoms with van der Waals surface area (Å²) in [6.45, 7) is 2.05. The molecule has 0 saturated carbocycles. The molecule has 0 saturated heterocycles. The summed E-state index contributed by atoms with van der Waals surface area (Å²) in [5, 5.41) is 2.80. The van der Waals surface area contributed by atoms with Crippen LogP contribution in [0.3, 0.4) is 0 Å². The molecule has 0 atom stereocenters. The lowest BCUT2D eigenvalue weighted by atomic mass is 10.0. The van der Waals surface area contributed by atoms with Gasteiger partial charge >= 0.3 is 0 Å². The number of aromatic nitrogens is 4. The first-order valence-electron chi connectivity index (χ1n) is 6.31. The molecular formula is C14H14N4O. The monoisotopic (exact) mass is 254 g/mol. The second kappa shape index (κ2) is 4.68. The number of hydrogen-bond acceptors (Lipinski definition) is 3. The zero-order valence-corrected chi connectivity index (χ0v) is 10.6. The second-order valence-electron chi connectivity index (χ2n) is 4.38. The van der Waals surface area contributed by atoms with Gasteiger partial charge in [0.2, 0.25) is 0 Å². The maximum Gasteiger partial charge on any atom is 0.277 e. The molecule has 0 spiro atoms. The van der Waals surface area contributed by atoms with Gasteiger partial charge in [0.25, 0.3) is 11.3 Å². The van der Waals surface area contributed by atoms with Crippen LogP contribution < -0.4 is 5.56 Å². The molecule has 2 heterocycles. The van der Waals surface area contributed by atoms with Gasteiger partial charge in [-0.05, 0) is 6.42 Å². The number of hydrogen-bond donors (Lipinski definition) is 1. The van der Waals surface area contributed by atoms with E-state index in [1.165, 1.54) is 10.8 Å². The Morgan fingerprint density at radius 1 is 1.26 bits per heavy atom. The fourth-order valence-electron chi connectivity index (χ4n) is 2.20. The highest BCUT2D eigenvalue weighted by molar-refractivity contribution is 5.64. The third-order valence-corrected chi connectivity index (χ3v) is 3.07. The van der Waals surface area contributed by atoms with Crippen molar-refractivity contribution in [2.45, 2.75) is 19.8 Å². The first-order chi connectivity index (χ1) is 9.31. The van der Waals surface area contributed by atoms with E-state index in [-0.39, 0.29) is 5.56 Å². The average molecular weight is 254 g/mol. The van der Waals surface area contributed by atoms with E-state index in [0.29, 0.717) is 12.2 Å². The van der Waals surface area contributed by atoms with E-state index in [1.54, 1.807) is 0 Å². The smallest absolute Gasteiger partial charge is 0.277 e. The molecule has 0 aliphatic heterocycles. The van der Waals surface area contributed by atoms with E-state index in [2.05, 4.69) is 22.0 Å². The van der Waals surface area contributed by atoms with Crippen molar-refractivity contribution in [2.24, 2.45) is 0 Å². The van der Waals surface area contributed by atoms with Crippen LogP contribution in [0.15, 0.2) is 41.5 Å². The van der Waals surface area contributed by atoms with Crippen LogP contribution in [-0.4, -0.2) is 19.6 Å².